The first-order valence-electron chi connectivity index (χ1n) is 9.88. The van der Waals surface area contributed by atoms with Crippen molar-refractivity contribution in [3.63, 3.8) is 0 Å². The second kappa shape index (κ2) is 10.2. The van der Waals surface area contributed by atoms with E-state index in [1.54, 1.807) is 0 Å². The fraction of sp³-hybridized carbons (Fsp3) is 0.947. The molecule has 1 aliphatic heterocycles. The summed E-state index contributed by atoms with van der Waals surface area (Å²) in [6, 6.07) is 0. The van der Waals surface area contributed by atoms with Crippen molar-refractivity contribution < 1.29 is 0 Å². The van der Waals surface area contributed by atoms with E-state index in [1.807, 2.05) is 0 Å². The third kappa shape index (κ3) is 7.11. The number of rotatable bonds is 6. The van der Waals surface area contributed by atoms with Crippen molar-refractivity contribution in [3.8, 4) is 0 Å². The number of aliphatic imine (C=N–C) groups is 1. The molecule has 2 unspecified atom stereocenters. The van der Waals surface area contributed by atoms with Crippen LogP contribution in [0.2, 0.25) is 0 Å². The van der Waals surface area contributed by atoms with Crippen LogP contribution in [0.25, 0.3) is 0 Å². The monoisotopic (exact) mass is 322 g/mol. The first kappa shape index (κ1) is 18.6. The van der Waals surface area contributed by atoms with Crippen LogP contribution >= 0.6 is 0 Å². The van der Waals surface area contributed by atoms with Gasteiger partial charge in [0.15, 0.2) is 5.96 Å². The van der Waals surface area contributed by atoms with E-state index >= 15 is 0 Å². The summed E-state index contributed by atoms with van der Waals surface area (Å²) in [6.45, 7) is 10.00. The van der Waals surface area contributed by atoms with E-state index in [0.717, 1.165) is 43.3 Å². The average molecular weight is 323 g/mol. The van der Waals surface area contributed by atoms with Crippen molar-refractivity contribution in [3.05, 3.63) is 0 Å². The molecule has 134 valence electrons. The first-order valence-corrected chi connectivity index (χ1v) is 9.88. The molecule has 0 radical (unpaired) electrons. The third-order valence-corrected chi connectivity index (χ3v) is 5.58. The van der Waals surface area contributed by atoms with Crippen molar-refractivity contribution in [2.24, 2.45) is 22.7 Å². The second-order valence-corrected chi connectivity index (χ2v) is 7.82. The molecule has 23 heavy (non-hydrogen) atoms. The topological polar surface area (TPSA) is 39.7 Å². The van der Waals surface area contributed by atoms with Gasteiger partial charge in [0.1, 0.15) is 0 Å². The Morgan fingerprint density at radius 2 is 1.87 bits per heavy atom. The van der Waals surface area contributed by atoms with Crippen LogP contribution in [0, 0.1) is 17.8 Å². The molecule has 0 spiro atoms. The molecule has 1 saturated heterocycles. The zero-order chi connectivity index (χ0) is 16.5. The Balaban J connectivity index is 1.68. The highest BCUT2D eigenvalue weighted by molar-refractivity contribution is 5.79. The molecule has 1 heterocycles. The zero-order valence-electron chi connectivity index (χ0n) is 15.6. The summed E-state index contributed by atoms with van der Waals surface area (Å²) in [4.78, 5) is 7.26. The van der Waals surface area contributed by atoms with Crippen LogP contribution in [0.1, 0.15) is 58.8 Å². The summed E-state index contributed by atoms with van der Waals surface area (Å²) in [5.74, 6) is 3.64. The lowest BCUT2D eigenvalue weighted by Gasteiger charge is -2.28. The number of guanidine groups is 1. The van der Waals surface area contributed by atoms with Gasteiger partial charge in [0.25, 0.3) is 0 Å². The highest BCUT2D eigenvalue weighted by Crippen LogP contribution is 2.30. The lowest BCUT2D eigenvalue weighted by molar-refractivity contribution is 0.223. The van der Waals surface area contributed by atoms with Gasteiger partial charge in [0.2, 0.25) is 0 Å². The molecule has 2 atom stereocenters. The molecular weight excluding hydrogens is 284 g/mol. The summed E-state index contributed by atoms with van der Waals surface area (Å²) in [5, 5.41) is 6.97. The summed E-state index contributed by atoms with van der Waals surface area (Å²) in [6.07, 6.45) is 9.59. The SMILES string of the molecule is CCNC(=NCC1CCN(C)CC1)NCCC1CCCC(C)C1. The van der Waals surface area contributed by atoms with Gasteiger partial charge in [-0.25, -0.2) is 0 Å². The smallest absolute Gasteiger partial charge is 0.191 e. The standard InChI is InChI=1S/C19H38N4/c1-4-20-19(22-15-18-9-12-23(3)13-10-18)21-11-8-17-7-5-6-16(2)14-17/h16-18H,4-15H2,1-3H3,(H2,20,21,22). The minimum absolute atomic E-state index is 0.765. The molecule has 2 fully saturated rings. The lowest BCUT2D eigenvalue weighted by atomic mass is 9.81. The number of nitrogens with one attached hydrogen (secondary N) is 2. The van der Waals surface area contributed by atoms with E-state index in [0.29, 0.717) is 0 Å². The van der Waals surface area contributed by atoms with Crippen molar-refractivity contribution >= 4 is 5.96 Å². The number of piperidine rings is 1. The molecule has 0 aromatic heterocycles. The summed E-state index contributed by atoms with van der Waals surface area (Å²) < 4.78 is 0. The number of hydrogen-bond donors (Lipinski definition) is 2. The van der Waals surface area contributed by atoms with Crippen LogP contribution in [0.15, 0.2) is 4.99 Å². The highest BCUT2D eigenvalue weighted by Gasteiger charge is 2.19. The maximum Gasteiger partial charge on any atom is 0.191 e. The van der Waals surface area contributed by atoms with E-state index in [9.17, 15) is 0 Å². The summed E-state index contributed by atoms with van der Waals surface area (Å²) in [7, 11) is 2.22. The van der Waals surface area contributed by atoms with Crippen LogP contribution in [0.5, 0.6) is 0 Å². The molecule has 2 rings (SSSR count). The van der Waals surface area contributed by atoms with Gasteiger partial charge in [-0.2, -0.15) is 0 Å². The Morgan fingerprint density at radius 1 is 1.09 bits per heavy atom. The minimum Gasteiger partial charge on any atom is -0.357 e. The van der Waals surface area contributed by atoms with Crippen molar-refractivity contribution in [2.75, 3.05) is 39.8 Å². The van der Waals surface area contributed by atoms with Gasteiger partial charge in [-0.1, -0.05) is 26.2 Å². The molecule has 4 heteroatoms. The summed E-state index contributed by atoms with van der Waals surface area (Å²) >= 11 is 0. The third-order valence-electron chi connectivity index (χ3n) is 5.58. The van der Waals surface area contributed by atoms with Crippen molar-refractivity contribution in [1.29, 1.82) is 0 Å². The van der Waals surface area contributed by atoms with Gasteiger partial charge in [-0.05, 0) is 70.5 Å². The van der Waals surface area contributed by atoms with E-state index in [2.05, 4.69) is 36.4 Å². The van der Waals surface area contributed by atoms with E-state index in [1.165, 1.54) is 58.0 Å². The Morgan fingerprint density at radius 3 is 2.57 bits per heavy atom. The first-order chi connectivity index (χ1) is 11.2. The molecule has 0 bridgehead atoms. The van der Waals surface area contributed by atoms with Gasteiger partial charge in [0, 0.05) is 19.6 Å². The Kier molecular flexibility index (Phi) is 8.21. The minimum atomic E-state index is 0.765. The fourth-order valence-corrected chi connectivity index (χ4v) is 4.02. The molecule has 2 aliphatic rings. The van der Waals surface area contributed by atoms with Gasteiger partial charge in [-0.15, -0.1) is 0 Å². The van der Waals surface area contributed by atoms with Crippen molar-refractivity contribution in [2.45, 2.75) is 58.8 Å². The normalized spacial score (nSPS) is 27.9. The highest BCUT2D eigenvalue weighted by atomic mass is 15.2. The van der Waals surface area contributed by atoms with E-state index in [-0.39, 0.29) is 0 Å². The molecule has 1 saturated carbocycles. The molecule has 1 aliphatic carbocycles. The van der Waals surface area contributed by atoms with Crippen LogP contribution < -0.4 is 10.6 Å². The Labute approximate surface area is 143 Å². The quantitative estimate of drug-likeness (QED) is 0.583. The van der Waals surface area contributed by atoms with Crippen molar-refractivity contribution in [1.82, 2.24) is 15.5 Å². The maximum atomic E-state index is 4.84. The predicted octanol–water partition coefficient (Wildman–Crippen LogP) is 3.10. The molecule has 0 aromatic carbocycles. The van der Waals surface area contributed by atoms with E-state index in [4.69, 9.17) is 4.99 Å². The van der Waals surface area contributed by atoms with Crippen LogP contribution in [-0.2, 0) is 0 Å². The fourth-order valence-electron chi connectivity index (χ4n) is 4.02. The van der Waals surface area contributed by atoms with Crippen LogP contribution in [0.4, 0.5) is 0 Å². The Hall–Kier alpha value is -0.770. The lowest BCUT2D eigenvalue weighted by Crippen LogP contribution is -2.39. The van der Waals surface area contributed by atoms with Crippen LogP contribution in [-0.4, -0.2) is 50.6 Å². The molecule has 0 amide bonds. The van der Waals surface area contributed by atoms with Gasteiger partial charge in [-0.3, -0.25) is 4.99 Å². The van der Waals surface area contributed by atoms with Gasteiger partial charge < -0.3 is 15.5 Å². The largest absolute Gasteiger partial charge is 0.357 e. The van der Waals surface area contributed by atoms with Crippen LogP contribution in [0.3, 0.4) is 0 Å². The number of hydrogen-bond acceptors (Lipinski definition) is 2. The maximum absolute atomic E-state index is 4.84. The predicted molar refractivity (Wildman–Crippen MR) is 99.9 cm³/mol. The molecule has 0 aromatic rings. The number of likely N-dealkylation sites (tertiary alicyclic amines) is 1. The Bertz CT molecular complexity index is 347. The van der Waals surface area contributed by atoms with Gasteiger partial charge >= 0.3 is 0 Å². The van der Waals surface area contributed by atoms with Gasteiger partial charge in [0.05, 0.1) is 0 Å². The van der Waals surface area contributed by atoms with E-state index < -0.39 is 0 Å². The summed E-state index contributed by atoms with van der Waals surface area (Å²) in [5.41, 5.74) is 0. The molecular formula is C19H38N4. The number of nitrogens with zero attached hydrogens (tertiary/aromatic N) is 2. The molecule has 4 nitrogen and oxygen atoms in total. The average Bonchev–Trinajstić information content (AvgIpc) is 2.54. The second-order valence-electron chi connectivity index (χ2n) is 7.82. The molecule has 2 N–H and O–H groups in total. The zero-order valence-corrected chi connectivity index (χ0v) is 15.6.